The van der Waals surface area contributed by atoms with E-state index in [1.54, 1.807) is 11.3 Å². The highest BCUT2D eigenvalue weighted by molar-refractivity contribution is 7.07. The fourth-order valence-corrected chi connectivity index (χ4v) is 2.47. The smallest absolute Gasteiger partial charge is 0.0795 e. The molecule has 0 bridgehead atoms. The second kappa shape index (κ2) is 5.29. The molecular weight excluding hydrogens is 230 g/mol. The monoisotopic (exact) mass is 247 g/mol. The maximum Gasteiger partial charge on any atom is 0.0795 e. The van der Waals surface area contributed by atoms with Crippen molar-refractivity contribution in [3.05, 3.63) is 45.9 Å². The van der Waals surface area contributed by atoms with Crippen LogP contribution >= 0.6 is 11.3 Å². The van der Waals surface area contributed by atoms with Crippen LogP contribution in [0.1, 0.15) is 16.8 Å². The number of hydrogen-bond donors (Lipinski definition) is 1. The highest BCUT2D eigenvalue weighted by atomic mass is 32.1. The van der Waals surface area contributed by atoms with E-state index in [1.807, 2.05) is 5.51 Å². The second-order valence-corrected chi connectivity index (χ2v) is 4.88. The zero-order chi connectivity index (χ0) is 12.3. The van der Waals surface area contributed by atoms with Gasteiger partial charge in [-0.3, -0.25) is 0 Å². The molecule has 0 fully saturated rings. The number of nitrogens with zero attached hydrogens (tertiary/aromatic N) is 2. The lowest BCUT2D eigenvalue weighted by Crippen LogP contribution is -2.17. The zero-order valence-electron chi connectivity index (χ0n) is 10.2. The van der Waals surface area contributed by atoms with Gasteiger partial charge in [0.15, 0.2) is 0 Å². The summed E-state index contributed by atoms with van der Waals surface area (Å²) in [6.07, 6.45) is 0. The van der Waals surface area contributed by atoms with Crippen LogP contribution in [-0.4, -0.2) is 12.0 Å². The van der Waals surface area contributed by atoms with Gasteiger partial charge in [-0.2, -0.15) is 0 Å². The summed E-state index contributed by atoms with van der Waals surface area (Å²) in [6.45, 7) is 3.55. The van der Waals surface area contributed by atoms with Crippen molar-refractivity contribution in [2.75, 3.05) is 11.9 Å². The number of aromatic nitrogens is 1. The van der Waals surface area contributed by atoms with Gasteiger partial charge >= 0.3 is 0 Å². The van der Waals surface area contributed by atoms with Crippen LogP contribution in [0.2, 0.25) is 0 Å². The Morgan fingerprint density at radius 2 is 2.24 bits per heavy atom. The average molecular weight is 247 g/mol. The first kappa shape index (κ1) is 12.1. The first-order chi connectivity index (χ1) is 8.20. The normalized spacial score (nSPS) is 10.5. The summed E-state index contributed by atoms with van der Waals surface area (Å²) in [4.78, 5) is 6.51. The molecule has 0 amide bonds. The molecule has 2 rings (SSSR count). The predicted molar refractivity (Wildman–Crippen MR) is 73.3 cm³/mol. The molecule has 1 aromatic heterocycles. The van der Waals surface area contributed by atoms with E-state index in [-0.39, 0.29) is 0 Å². The lowest BCUT2D eigenvalue weighted by molar-refractivity contribution is 0.888. The van der Waals surface area contributed by atoms with Crippen molar-refractivity contribution in [2.45, 2.75) is 20.0 Å². The number of thiazole rings is 1. The van der Waals surface area contributed by atoms with Gasteiger partial charge in [0.2, 0.25) is 0 Å². The summed E-state index contributed by atoms with van der Waals surface area (Å²) in [6, 6.07) is 6.36. The average Bonchev–Trinajstić information content (AvgIpc) is 2.81. The Balaban J connectivity index is 2.16. The van der Waals surface area contributed by atoms with Gasteiger partial charge < -0.3 is 10.6 Å². The zero-order valence-corrected chi connectivity index (χ0v) is 11.0. The molecule has 0 atom stereocenters. The van der Waals surface area contributed by atoms with Crippen molar-refractivity contribution in [1.29, 1.82) is 0 Å². The van der Waals surface area contributed by atoms with Crippen molar-refractivity contribution in [3.8, 4) is 0 Å². The van der Waals surface area contributed by atoms with Crippen LogP contribution in [0, 0.1) is 6.92 Å². The molecule has 0 radical (unpaired) electrons. The molecular formula is C13H17N3S. The van der Waals surface area contributed by atoms with Gasteiger partial charge in [0, 0.05) is 24.7 Å². The van der Waals surface area contributed by atoms with Crippen LogP contribution in [0.3, 0.4) is 0 Å². The molecule has 0 unspecified atom stereocenters. The van der Waals surface area contributed by atoms with Gasteiger partial charge in [-0.25, -0.2) is 4.98 Å². The van der Waals surface area contributed by atoms with Gasteiger partial charge in [0.1, 0.15) is 0 Å². The highest BCUT2D eigenvalue weighted by Crippen LogP contribution is 2.21. The number of rotatable bonds is 4. The molecule has 4 heteroatoms. The van der Waals surface area contributed by atoms with E-state index in [1.165, 1.54) is 16.8 Å². The Morgan fingerprint density at radius 1 is 1.41 bits per heavy atom. The van der Waals surface area contributed by atoms with Gasteiger partial charge in [-0.05, 0) is 24.1 Å². The van der Waals surface area contributed by atoms with E-state index in [2.05, 4.69) is 47.4 Å². The highest BCUT2D eigenvalue weighted by Gasteiger charge is 2.06. The first-order valence-corrected chi connectivity index (χ1v) is 6.53. The SMILES string of the molecule is Cc1cc(CN)ccc1N(C)Cc1cscn1. The van der Waals surface area contributed by atoms with Crippen LogP contribution in [0.5, 0.6) is 0 Å². The number of aryl methyl sites for hydroxylation is 1. The summed E-state index contributed by atoms with van der Waals surface area (Å²) in [5.41, 5.74) is 12.3. The number of hydrogen-bond acceptors (Lipinski definition) is 4. The van der Waals surface area contributed by atoms with Crippen molar-refractivity contribution in [1.82, 2.24) is 4.98 Å². The number of anilines is 1. The lowest BCUT2D eigenvalue weighted by Gasteiger charge is -2.21. The molecule has 3 nitrogen and oxygen atoms in total. The molecule has 1 aromatic carbocycles. The number of nitrogens with two attached hydrogens (primary N) is 1. The third-order valence-electron chi connectivity index (χ3n) is 2.79. The third-order valence-corrected chi connectivity index (χ3v) is 3.43. The Bertz CT molecular complexity index is 479. The van der Waals surface area contributed by atoms with Gasteiger partial charge in [-0.1, -0.05) is 12.1 Å². The maximum atomic E-state index is 5.63. The minimum atomic E-state index is 0.594. The van der Waals surface area contributed by atoms with Crippen molar-refractivity contribution in [2.24, 2.45) is 5.73 Å². The molecule has 2 N–H and O–H groups in total. The van der Waals surface area contributed by atoms with Crippen molar-refractivity contribution < 1.29 is 0 Å². The summed E-state index contributed by atoms with van der Waals surface area (Å²) in [7, 11) is 2.09. The first-order valence-electron chi connectivity index (χ1n) is 5.58. The van der Waals surface area contributed by atoms with Crippen LogP contribution in [0.25, 0.3) is 0 Å². The van der Waals surface area contributed by atoms with Gasteiger partial charge in [-0.15, -0.1) is 11.3 Å². The van der Waals surface area contributed by atoms with E-state index < -0.39 is 0 Å². The summed E-state index contributed by atoms with van der Waals surface area (Å²) in [5.74, 6) is 0. The maximum absolute atomic E-state index is 5.63. The molecule has 0 aliphatic carbocycles. The standard InChI is InChI=1S/C13H17N3S/c1-10-5-11(6-14)3-4-13(10)16(2)7-12-8-17-9-15-12/h3-5,8-9H,6-7,14H2,1-2H3. The lowest BCUT2D eigenvalue weighted by atomic mass is 10.1. The molecule has 0 spiro atoms. The summed E-state index contributed by atoms with van der Waals surface area (Å²) < 4.78 is 0. The predicted octanol–water partition coefficient (Wildman–Crippen LogP) is 2.55. The van der Waals surface area contributed by atoms with E-state index in [0.29, 0.717) is 6.54 Å². The molecule has 90 valence electrons. The Kier molecular flexibility index (Phi) is 3.76. The fraction of sp³-hybridized carbons (Fsp3) is 0.308. The van der Waals surface area contributed by atoms with Crippen molar-refractivity contribution >= 4 is 17.0 Å². The molecule has 0 aliphatic heterocycles. The third kappa shape index (κ3) is 2.84. The summed E-state index contributed by atoms with van der Waals surface area (Å²) in [5, 5.41) is 2.08. The quantitative estimate of drug-likeness (QED) is 0.903. The van der Waals surface area contributed by atoms with E-state index in [4.69, 9.17) is 5.73 Å². The van der Waals surface area contributed by atoms with Crippen molar-refractivity contribution in [3.63, 3.8) is 0 Å². The summed E-state index contributed by atoms with van der Waals surface area (Å²) >= 11 is 1.63. The van der Waals surface area contributed by atoms with Gasteiger partial charge in [0.25, 0.3) is 0 Å². The molecule has 2 aromatic rings. The molecule has 0 saturated heterocycles. The molecule has 17 heavy (non-hydrogen) atoms. The minimum absolute atomic E-state index is 0.594. The van der Waals surface area contributed by atoms with E-state index in [9.17, 15) is 0 Å². The van der Waals surface area contributed by atoms with E-state index >= 15 is 0 Å². The van der Waals surface area contributed by atoms with E-state index in [0.717, 1.165) is 12.2 Å². The fourth-order valence-electron chi connectivity index (χ4n) is 1.92. The van der Waals surface area contributed by atoms with Crippen LogP contribution in [0.15, 0.2) is 29.1 Å². The molecule has 0 saturated carbocycles. The Labute approximate surface area is 106 Å². The second-order valence-electron chi connectivity index (χ2n) is 4.16. The Morgan fingerprint density at radius 3 is 2.82 bits per heavy atom. The minimum Gasteiger partial charge on any atom is -0.368 e. The molecule has 0 aliphatic rings. The van der Waals surface area contributed by atoms with Crippen LogP contribution in [0.4, 0.5) is 5.69 Å². The number of benzene rings is 1. The largest absolute Gasteiger partial charge is 0.368 e. The Hall–Kier alpha value is -1.39. The molecule has 1 heterocycles. The topological polar surface area (TPSA) is 42.1 Å². The van der Waals surface area contributed by atoms with Crippen LogP contribution in [-0.2, 0) is 13.1 Å². The van der Waals surface area contributed by atoms with Gasteiger partial charge in [0.05, 0.1) is 17.7 Å². The van der Waals surface area contributed by atoms with Crippen LogP contribution < -0.4 is 10.6 Å².